The summed E-state index contributed by atoms with van der Waals surface area (Å²) in [4.78, 5) is 12.2. The summed E-state index contributed by atoms with van der Waals surface area (Å²) in [6.07, 6.45) is 4.89. The third-order valence-electron chi connectivity index (χ3n) is 3.59. The Bertz CT molecular complexity index is 414. The summed E-state index contributed by atoms with van der Waals surface area (Å²) in [5.74, 6) is -0.0356. The topological polar surface area (TPSA) is 55.1 Å². The van der Waals surface area contributed by atoms with Crippen molar-refractivity contribution < 1.29 is 4.79 Å². The van der Waals surface area contributed by atoms with E-state index in [0.29, 0.717) is 0 Å². The van der Waals surface area contributed by atoms with Gasteiger partial charge < -0.3 is 11.1 Å². The van der Waals surface area contributed by atoms with E-state index in [0.717, 1.165) is 36.9 Å². The summed E-state index contributed by atoms with van der Waals surface area (Å²) in [7, 11) is 0. The fraction of sp³-hybridized carbons (Fsp3) is 0.500. The fourth-order valence-corrected chi connectivity index (χ4v) is 2.37. The molecule has 1 saturated carbocycles. The maximum atomic E-state index is 12.2. The fourth-order valence-electron chi connectivity index (χ4n) is 2.37. The lowest BCUT2D eigenvalue weighted by Gasteiger charge is -2.32. The van der Waals surface area contributed by atoms with Crippen molar-refractivity contribution in [1.29, 1.82) is 0 Å². The molecule has 0 atom stereocenters. The Morgan fingerprint density at radius 2 is 1.83 bits per heavy atom. The number of rotatable bonds is 2. The average molecular weight is 269 g/mol. The third kappa shape index (κ3) is 3.24. The Balaban J connectivity index is 0.00000162. The van der Waals surface area contributed by atoms with E-state index in [1.807, 2.05) is 31.2 Å². The highest BCUT2D eigenvalue weighted by atomic mass is 35.5. The van der Waals surface area contributed by atoms with E-state index in [1.54, 1.807) is 0 Å². The first-order chi connectivity index (χ1) is 8.12. The van der Waals surface area contributed by atoms with Gasteiger partial charge in [-0.2, -0.15) is 0 Å². The second-order valence-electron chi connectivity index (χ2n) is 4.99. The van der Waals surface area contributed by atoms with E-state index in [2.05, 4.69) is 5.32 Å². The maximum Gasteiger partial charge on any atom is 0.244 e. The van der Waals surface area contributed by atoms with Crippen LogP contribution in [0.25, 0.3) is 0 Å². The van der Waals surface area contributed by atoms with E-state index in [-0.39, 0.29) is 18.3 Å². The van der Waals surface area contributed by atoms with Crippen LogP contribution >= 0.6 is 12.4 Å². The molecule has 1 aromatic carbocycles. The predicted molar refractivity (Wildman–Crippen MR) is 77.1 cm³/mol. The van der Waals surface area contributed by atoms with Gasteiger partial charge in [-0.15, -0.1) is 12.4 Å². The van der Waals surface area contributed by atoms with E-state index in [9.17, 15) is 4.79 Å². The first kappa shape index (κ1) is 15.0. The molecule has 1 aromatic rings. The van der Waals surface area contributed by atoms with E-state index in [1.165, 1.54) is 6.42 Å². The van der Waals surface area contributed by atoms with Crippen molar-refractivity contribution in [2.45, 2.75) is 44.6 Å². The summed E-state index contributed by atoms with van der Waals surface area (Å²) in [5.41, 5.74) is 7.46. The van der Waals surface area contributed by atoms with E-state index < -0.39 is 5.54 Å². The molecular weight excluding hydrogens is 248 g/mol. The van der Waals surface area contributed by atoms with Crippen LogP contribution in [0.5, 0.6) is 0 Å². The van der Waals surface area contributed by atoms with Crippen LogP contribution in [-0.4, -0.2) is 11.4 Å². The minimum absolute atomic E-state index is 0. The molecule has 100 valence electrons. The zero-order valence-electron chi connectivity index (χ0n) is 10.7. The Kier molecular flexibility index (Phi) is 5.17. The quantitative estimate of drug-likeness (QED) is 0.866. The largest absolute Gasteiger partial charge is 0.324 e. The molecule has 0 saturated heterocycles. The average Bonchev–Trinajstić information content (AvgIpc) is 2.33. The highest BCUT2D eigenvalue weighted by Gasteiger charge is 2.35. The van der Waals surface area contributed by atoms with Crippen molar-refractivity contribution in [2.24, 2.45) is 5.73 Å². The molecule has 1 aliphatic carbocycles. The lowest BCUT2D eigenvalue weighted by Crippen LogP contribution is -2.52. The van der Waals surface area contributed by atoms with Crippen LogP contribution in [-0.2, 0) is 4.79 Å². The molecule has 3 nitrogen and oxygen atoms in total. The minimum Gasteiger partial charge on any atom is -0.324 e. The Hall–Kier alpha value is -1.06. The van der Waals surface area contributed by atoms with Crippen LogP contribution in [0.15, 0.2) is 24.3 Å². The van der Waals surface area contributed by atoms with E-state index >= 15 is 0 Å². The van der Waals surface area contributed by atoms with Crippen LogP contribution in [0.1, 0.15) is 37.7 Å². The van der Waals surface area contributed by atoms with Crippen molar-refractivity contribution in [2.75, 3.05) is 5.32 Å². The summed E-state index contributed by atoms with van der Waals surface area (Å²) in [6, 6.07) is 7.79. The number of carbonyl (C=O) groups excluding carboxylic acids is 1. The van der Waals surface area contributed by atoms with Gasteiger partial charge in [0.25, 0.3) is 0 Å². The Morgan fingerprint density at radius 1 is 1.22 bits per heavy atom. The van der Waals surface area contributed by atoms with Crippen molar-refractivity contribution in [3.63, 3.8) is 0 Å². The smallest absolute Gasteiger partial charge is 0.244 e. The molecule has 0 heterocycles. The van der Waals surface area contributed by atoms with Crippen LogP contribution in [0.3, 0.4) is 0 Å². The first-order valence-electron chi connectivity index (χ1n) is 6.28. The molecule has 4 heteroatoms. The second-order valence-corrected chi connectivity index (χ2v) is 4.99. The van der Waals surface area contributed by atoms with Gasteiger partial charge in [-0.05, 0) is 31.4 Å². The van der Waals surface area contributed by atoms with Crippen LogP contribution in [0, 0.1) is 6.92 Å². The van der Waals surface area contributed by atoms with Crippen molar-refractivity contribution in [3.05, 3.63) is 29.8 Å². The zero-order chi connectivity index (χ0) is 12.3. The second kappa shape index (κ2) is 6.21. The number of hydrogen-bond donors (Lipinski definition) is 2. The van der Waals surface area contributed by atoms with Gasteiger partial charge >= 0.3 is 0 Å². The van der Waals surface area contributed by atoms with Crippen LogP contribution in [0.2, 0.25) is 0 Å². The molecule has 1 fully saturated rings. The van der Waals surface area contributed by atoms with Gasteiger partial charge in [0.1, 0.15) is 0 Å². The van der Waals surface area contributed by atoms with Gasteiger partial charge in [0, 0.05) is 5.69 Å². The number of nitrogens with one attached hydrogen (secondary N) is 1. The highest BCUT2D eigenvalue weighted by Crippen LogP contribution is 2.27. The normalized spacial score (nSPS) is 17.7. The van der Waals surface area contributed by atoms with Gasteiger partial charge in [-0.3, -0.25) is 4.79 Å². The number of aryl methyl sites for hydroxylation is 1. The minimum atomic E-state index is -0.666. The molecule has 0 unspecified atom stereocenters. The lowest BCUT2D eigenvalue weighted by molar-refractivity contribution is -0.122. The van der Waals surface area contributed by atoms with Gasteiger partial charge in [0.05, 0.1) is 5.54 Å². The molecule has 1 amide bonds. The van der Waals surface area contributed by atoms with Gasteiger partial charge in [0.15, 0.2) is 0 Å². The summed E-state index contributed by atoms with van der Waals surface area (Å²) in [5, 5.41) is 2.96. The number of halogens is 1. The Morgan fingerprint density at radius 3 is 2.44 bits per heavy atom. The molecule has 0 aromatic heterocycles. The molecule has 0 bridgehead atoms. The molecule has 18 heavy (non-hydrogen) atoms. The highest BCUT2D eigenvalue weighted by molar-refractivity contribution is 5.98. The van der Waals surface area contributed by atoms with Gasteiger partial charge in [-0.1, -0.05) is 37.5 Å². The lowest BCUT2D eigenvalue weighted by atomic mass is 9.82. The molecule has 3 N–H and O–H groups in total. The number of carbonyl (C=O) groups is 1. The molecule has 1 aliphatic rings. The zero-order valence-corrected chi connectivity index (χ0v) is 11.6. The number of para-hydroxylation sites is 1. The number of anilines is 1. The summed E-state index contributed by atoms with van der Waals surface area (Å²) in [6.45, 7) is 1.99. The molecule has 2 rings (SSSR count). The molecule has 0 radical (unpaired) electrons. The third-order valence-corrected chi connectivity index (χ3v) is 3.59. The van der Waals surface area contributed by atoms with Gasteiger partial charge in [0.2, 0.25) is 5.91 Å². The van der Waals surface area contributed by atoms with Crippen LogP contribution in [0.4, 0.5) is 5.69 Å². The number of hydrogen-bond acceptors (Lipinski definition) is 2. The molecule has 0 aliphatic heterocycles. The van der Waals surface area contributed by atoms with E-state index in [4.69, 9.17) is 5.73 Å². The Labute approximate surface area is 115 Å². The monoisotopic (exact) mass is 268 g/mol. The van der Waals surface area contributed by atoms with Crippen molar-refractivity contribution in [3.8, 4) is 0 Å². The summed E-state index contributed by atoms with van der Waals surface area (Å²) < 4.78 is 0. The number of nitrogens with two attached hydrogens (primary N) is 1. The SMILES string of the molecule is Cc1ccccc1NC(=O)C1(N)CCCCC1.Cl. The maximum absolute atomic E-state index is 12.2. The van der Waals surface area contributed by atoms with Gasteiger partial charge in [-0.25, -0.2) is 0 Å². The first-order valence-corrected chi connectivity index (χ1v) is 6.28. The predicted octanol–water partition coefficient (Wildman–Crippen LogP) is 3.02. The number of benzene rings is 1. The van der Waals surface area contributed by atoms with Crippen molar-refractivity contribution >= 4 is 24.0 Å². The standard InChI is InChI=1S/C14H20N2O.ClH/c1-11-7-3-4-8-12(11)16-13(17)14(15)9-5-2-6-10-14;/h3-4,7-8H,2,5-6,9-10,15H2,1H3,(H,16,17);1H. The number of amides is 1. The molecule has 0 spiro atoms. The van der Waals surface area contributed by atoms with Crippen molar-refractivity contribution in [1.82, 2.24) is 0 Å². The molecular formula is C14H21ClN2O. The summed E-state index contributed by atoms with van der Waals surface area (Å²) >= 11 is 0. The van der Waals surface area contributed by atoms with Crippen LogP contribution < -0.4 is 11.1 Å².